The van der Waals surface area contributed by atoms with E-state index in [2.05, 4.69) is 18.8 Å². The Bertz CT molecular complexity index is 708. The Labute approximate surface area is 120 Å². The largest absolute Gasteiger partial charge is 0.465 e. The summed E-state index contributed by atoms with van der Waals surface area (Å²) < 4.78 is 10.4. The molecule has 0 bridgehead atoms. The quantitative estimate of drug-likeness (QED) is 0.640. The van der Waals surface area contributed by atoms with E-state index in [0.717, 1.165) is 11.3 Å². The number of nitrogens with zero attached hydrogens (tertiary/aromatic N) is 1. The van der Waals surface area contributed by atoms with Crippen LogP contribution in [0.1, 0.15) is 28.0 Å². The predicted molar refractivity (Wildman–Crippen MR) is 77.7 cm³/mol. The fourth-order valence-electron chi connectivity index (χ4n) is 2.00. The smallest absolute Gasteiger partial charge is 0.363 e. The maximum absolute atomic E-state index is 11.8. The maximum Gasteiger partial charge on any atom is 0.363 e. The number of carbonyl (C=O) groups is 1. The summed E-state index contributed by atoms with van der Waals surface area (Å²) in [5, 5.41) is 0. The number of ether oxygens (including phenoxy) is 1. The van der Waals surface area contributed by atoms with Crippen molar-refractivity contribution in [2.24, 2.45) is 4.99 Å². The summed E-state index contributed by atoms with van der Waals surface area (Å²) in [5.41, 5.74) is 1.47. The van der Waals surface area contributed by atoms with E-state index < -0.39 is 5.97 Å². The maximum atomic E-state index is 11.8. The Hall–Kier alpha value is -2.14. The standard InChI is InChI=1S/C15H13NO3S/c1-3-12-9(2)7-13(20-12)14-16-11(15(17)19-14)8-10-5-4-6-18-10/h4-8H,3H2,1-2H3/b11-8-. The van der Waals surface area contributed by atoms with Gasteiger partial charge in [0.05, 0.1) is 11.1 Å². The van der Waals surface area contributed by atoms with Crippen LogP contribution in [0.25, 0.3) is 6.08 Å². The van der Waals surface area contributed by atoms with E-state index >= 15 is 0 Å². The zero-order valence-electron chi connectivity index (χ0n) is 11.2. The third-order valence-electron chi connectivity index (χ3n) is 3.00. The van der Waals surface area contributed by atoms with Gasteiger partial charge in [-0.2, -0.15) is 0 Å². The van der Waals surface area contributed by atoms with Gasteiger partial charge in [-0.3, -0.25) is 0 Å². The molecular formula is C15H13NO3S. The molecule has 1 aliphatic rings. The van der Waals surface area contributed by atoms with Crippen molar-refractivity contribution >= 4 is 29.3 Å². The van der Waals surface area contributed by atoms with Gasteiger partial charge in [-0.1, -0.05) is 6.92 Å². The molecule has 2 aromatic rings. The zero-order valence-corrected chi connectivity index (χ0v) is 12.0. The Kier molecular flexibility index (Phi) is 3.28. The van der Waals surface area contributed by atoms with Crippen molar-refractivity contribution in [1.29, 1.82) is 0 Å². The Morgan fingerprint density at radius 1 is 1.45 bits per heavy atom. The fraction of sp³-hybridized carbons (Fsp3) is 0.200. The van der Waals surface area contributed by atoms with Gasteiger partial charge in [-0.05, 0) is 37.1 Å². The molecule has 2 aromatic heterocycles. The highest BCUT2D eigenvalue weighted by Crippen LogP contribution is 2.27. The molecule has 1 aliphatic heterocycles. The lowest BCUT2D eigenvalue weighted by molar-refractivity contribution is -0.129. The molecule has 5 heteroatoms. The normalized spacial score (nSPS) is 16.6. The molecule has 102 valence electrons. The average Bonchev–Trinajstić information content (AvgIpc) is 3.12. The molecule has 20 heavy (non-hydrogen) atoms. The highest BCUT2D eigenvalue weighted by atomic mass is 32.1. The van der Waals surface area contributed by atoms with Crippen LogP contribution in [0, 0.1) is 6.92 Å². The van der Waals surface area contributed by atoms with E-state index in [1.165, 1.54) is 10.4 Å². The first kappa shape index (κ1) is 12.9. The molecule has 0 amide bonds. The third-order valence-corrected chi connectivity index (χ3v) is 4.36. The van der Waals surface area contributed by atoms with Gasteiger partial charge in [-0.15, -0.1) is 11.3 Å². The van der Waals surface area contributed by atoms with E-state index in [0.29, 0.717) is 11.7 Å². The van der Waals surface area contributed by atoms with Crippen LogP contribution in [0.15, 0.2) is 39.6 Å². The summed E-state index contributed by atoms with van der Waals surface area (Å²) in [5.74, 6) is 0.514. The molecule has 0 saturated heterocycles. The van der Waals surface area contributed by atoms with Gasteiger partial charge in [0.2, 0.25) is 5.90 Å². The van der Waals surface area contributed by atoms with Gasteiger partial charge in [0.25, 0.3) is 0 Å². The minimum absolute atomic E-state index is 0.263. The van der Waals surface area contributed by atoms with Gasteiger partial charge in [-0.25, -0.2) is 9.79 Å². The van der Waals surface area contributed by atoms with Crippen molar-refractivity contribution in [3.8, 4) is 0 Å². The summed E-state index contributed by atoms with van der Waals surface area (Å²) in [6.07, 6.45) is 4.09. The molecule has 0 aliphatic carbocycles. The highest BCUT2D eigenvalue weighted by Gasteiger charge is 2.26. The van der Waals surface area contributed by atoms with Crippen LogP contribution < -0.4 is 0 Å². The number of aliphatic imine (C=N–C) groups is 1. The van der Waals surface area contributed by atoms with Crippen LogP contribution >= 0.6 is 11.3 Å². The van der Waals surface area contributed by atoms with Crippen LogP contribution in [0.3, 0.4) is 0 Å². The van der Waals surface area contributed by atoms with Crippen LogP contribution in [0.5, 0.6) is 0 Å². The lowest BCUT2D eigenvalue weighted by Gasteiger charge is -1.93. The van der Waals surface area contributed by atoms with Crippen molar-refractivity contribution in [3.05, 3.63) is 51.2 Å². The molecule has 0 N–H and O–H groups in total. The molecule has 0 fully saturated rings. The lowest BCUT2D eigenvalue weighted by atomic mass is 10.2. The van der Waals surface area contributed by atoms with Crippen LogP contribution in [-0.2, 0) is 16.0 Å². The SMILES string of the molecule is CCc1sc(C2=N/C(=C\c3ccco3)C(=O)O2)cc1C. The topological polar surface area (TPSA) is 51.8 Å². The molecule has 0 radical (unpaired) electrons. The second-order valence-corrected chi connectivity index (χ2v) is 5.56. The summed E-state index contributed by atoms with van der Waals surface area (Å²) in [6.45, 7) is 4.16. The van der Waals surface area contributed by atoms with Crippen molar-refractivity contribution in [2.75, 3.05) is 0 Å². The molecule has 0 unspecified atom stereocenters. The predicted octanol–water partition coefficient (Wildman–Crippen LogP) is 3.56. The number of rotatable bonds is 3. The summed E-state index contributed by atoms with van der Waals surface area (Å²) in [6, 6.07) is 5.52. The zero-order chi connectivity index (χ0) is 14.1. The molecule has 3 rings (SSSR count). The molecule has 0 spiro atoms. The number of esters is 1. The van der Waals surface area contributed by atoms with Gasteiger partial charge >= 0.3 is 5.97 Å². The van der Waals surface area contributed by atoms with Gasteiger partial charge in [0.15, 0.2) is 5.70 Å². The number of thiophene rings is 1. The first-order valence-corrected chi connectivity index (χ1v) is 7.14. The summed E-state index contributed by atoms with van der Waals surface area (Å²) >= 11 is 1.61. The second kappa shape index (κ2) is 5.09. The number of hydrogen-bond donors (Lipinski definition) is 0. The first-order chi connectivity index (χ1) is 9.67. The summed E-state index contributed by atoms with van der Waals surface area (Å²) in [7, 11) is 0. The number of aryl methyl sites for hydroxylation is 2. The number of furan rings is 1. The first-order valence-electron chi connectivity index (χ1n) is 6.33. The second-order valence-electron chi connectivity index (χ2n) is 4.42. The molecule has 0 saturated carbocycles. The van der Waals surface area contributed by atoms with Crippen molar-refractivity contribution in [3.63, 3.8) is 0 Å². The summed E-state index contributed by atoms with van der Waals surface area (Å²) in [4.78, 5) is 18.2. The number of carbonyl (C=O) groups excluding carboxylic acids is 1. The van der Waals surface area contributed by atoms with Gasteiger partial charge in [0, 0.05) is 11.0 Å². The minimum atomic E-state index is -0.444. The van der Waals surface area contributed by atoms with E-state index in [9.17, 15) is 4.79 Å². The lowest BCUT2D eigenvalue weighted by Crippen LogP contribution is -2.03. The van der Waals surface area contributed by atoms with Gasteiger partial charge < -0.3 is 9.15 Å². The average molecular weight is 287 g/mol. The molecular weight excluding hydrogens is 274 g/mol. The van der Waals surface area contributed by atoms with Crippen LogP contribution in [0.4, 0.5) is 0 Å². The number of cyclic esters (lactones) is 1. The molecule has 4 nitrogen and oxygen atoms in total. The van der Waals surface area contributed by atoms with Crippen molar-refractivity contribution in [2.45, 2.75) is 20.3 Å². The fourth-order valence-corrected chi connectivity index (χ4v) is 3.04. The Morgan fingerprint density at radius 3 is 2.95 bits per heavy atom. The molecule has 0 atom stereocenters. The van der Waals surface area contributed by atoms with E-state index in [1.807, 2.05) is 6.07 Å². The molecule has 0 aromatic carbocycles. The van der Waals surface area contributed by atoms with E-state index in [-0.39, 0.29) is 5.70 Å². The minimum Gasteiger partial charge on any atom is -0.465 e. The van der Waals surface area contributed by atoms with Gasteiger partial charge in [0.1, 0.15) is 5.76 Å². The van der Waals surface area contributed by atoms with Crippen molar-refractivity contribution in [1.82, 2.24) is 0 Å². The Morgan fingerprint density at radius 2 is 2.30 bits per heavy atom. The third kappa shape index (κ3) is 2.32. The number of hydrogen-bond acceptors (Lipinski definition) is 5. The highest BCUT2D eigenvalue weighted by molar-refractivity contribution is 7.14. The van der Waals surface area contributed by atoms with Crippen molar-refractivity contribution < 1.29 is 13.9 Å². The van der Waals surface area contributed by atoms with E-state index in [4.69, 9.17) is 9.15 Å². The molecule has 3 heterocycles. The van der Waals surface area contributed by atoms with Crippen LogP contribution in [-0.4, -0.2) is 11.9 Å². The van der Waals surface area contributed by atoms with Crippen LogP contribution in [0.2, 0.25) is 0 Å². The monoisotopic (exact) mass is 287 g/mol. The van der Waals surface area contributed by atoms with E-state index in [1.54, 1.807) is 35.8 Å². The Balaban J connectivity index is 1.93.